The first-order valence-electron chi connectivity index (χ1n) is 10.2. The molecular formula is C22H25N5O. The number of aromatic nitrogens is 5. The Morgan fingerprint density at radius 3 is 2.39 bits per heavy atom. The summed E-state index contributed by atoms with van der Waals surface area (Å²) in [4.78, 5) is 28.3. The Morgan fingerprint density at radius 1 is 1.04 bits per heavy atom. The molecule has 0 spiro atoms. The van der Waals surface area contributed by atoms with Crippen molar-refractivity contribution in [3.05, 3.63) is 40.4 Å². The largest absolute Gasteiger partial charge is 0.308 e. The number of para-hydroxylation sites is 2. The zero-order valence-corrected chi connectivity index (χ0v) is 16.6. The van der Waals surface area contributed by atoms with Crippen molar-refractivity contribution in [1.29, 1.82) is 0 Å². The molecule has 6 heteroatoms. The first-order chi connectivity index (χ1) is 13.5. The molecule has 1 fully saturated rings. The van der Waals surface area contributed by atoms with Crippen LogP contribution in [0.4, 0.5) is 0 Å². The number of nitrogens with zero attached hydrogens (tertiary/aromatic N) is 5. The molecule has 1 aliphatic carbocycles. The van der Waals surface area contributed by atoms with Gasteiger partial charge in [0.25, 0.3) is 5.56 Å². The molecule has 6 nitrogen and oxygen atoms in total. The molecule has 4 aromatic rings. The van der Waals surface area contributed by atoms with E-state index in [4.69, 9.17) is 15.0 Å². The summed E-state index contributed by atoms with van der Waals surface area (Å²) in [5.74, 6) is 1.20. The van der Waals surface area contributed by atoms with Crippen LogP contribution in [0.5, 0.6) is 0 Å². The molecule has 0 saturated heterocycles. The minimum Gasteiger partial charge on any atom is -0.308 e. The van der Waals surface area contributed by atoms with Crippen LogP contribution >= 0.6 is 0 Å². The van der Waals surface area contributed by atoms with E-state index in [2.05, 4.69) is 18.4 Å². The third-order valence-electron chi connectivity index (χ3n) is 5.81. The average Bonchev–Trinajstić information content (AvgIpc) is 3.27. The van der Waals surface area contributed by atoms with Crippen molar-refractivity contribution < 1.29 is 0 Å². The number of hydrogen-bond acceptors (Lipinski definition) is 4. The normalized spacial score (nSPS) is 15.6. The standard InChI is InChI=1S/C22H25N5O/c1-13(2)12-26-20-18(19-21(26)25-17-11-7-6-10-16(17)24-19)22(28)27(14(3)23-20)15-8-4-5-9-15/h6-7,10-11,13,15H,4-5,8-9,12H2,1-3H3. The van der Waals surface area contributed by atoms with Crippen LogP contribution in [0.15, 0.2) is 29.1 Å². The van der Waals surface area contributed by atoms with Crippen LogP contribution in [0.2, 0.25) is 0 Å². The average molecular weight is 375 g/mol. The highest BCUT2D eigenvalue weighted by molar-refractivity contribution is 6.04. The van der Waals surface area contributed by atoms with E-state index in [0.717, 1.165) is 47.5 Å². The summed E-state index contributed by atoms with van der Waals surface area (Å²) in [7, 11) is 0. The lowest BCUT2D eigenvalue weighted by Gasteiger charge is -2.16. The van der Waals surface area contributed by atoms with Gasteiger partial charge in [-0.05, 0) is 37.8 Å². The van der Waals surface area contributed by atoms with Crippen LogP contribution in [0, 0.1) is 12.8 Å². The quantitative estimate of drug-likeness (QED) is 0.533. The van der Waals surface area contributed by atoms with Gasteiger partial charge in [-0.15, -0.1) is 0 Å². The van der Waals surface area contributed by atoms with Crippen molar-refractivity contribution in [2.45, 2.75) is 59.0 Å². The van der Waals surface area contributed by atoms with Crippen molar-refractivity contribution >= 4 is 33.2 Å². The third kappa shape index (κ3) is 2.54. The highest BCUT2D eigenvalue weighted by Crippen LogP contribution is 2.31. The van der Waals surface area contributed by atoms with Crippen LogP contribution < -0.4 is 5.56 Å². The van der Waals surface area contributed by atoms with Gasteiger partial charge in [-0.25, -0.2) is 15.0 Å². The lowest BCUT2D eigenvalue weighted by atomic mass is 10.2. The Kier molecular flexibility index (Phi) is 3.96. The Balaban J connectivity index is 1.92. The fourth-order valence-electron chi connectivity index (χ4n) is 4.61. The minimum atomic E-state index is 0.0338. The van der Waals surface area contributed by atoms with Gasteiger partial charge in [0.2, 0.25) is 0 Å². The van der Waals surface area contributed by atoms with E-state index in [1.54, 1.807) is 0 Å². The monoisotopic (exact) mass is 375 g/mol. The maximum Gasteiger partial charge on any atom is 0.265 e. The van der Waals surface area contributed by atoms with Gasteiger partial charge >= 0.3 is 0 Å². The van der Waals surface area contributed by atoms with E-state index in [0.29, 0.717) is 16.8 Å². The van der Waals surface area contributed by atoms with Gasteiger partial charge in [-0.3, -0.25) is 9.36 Å². The molecule has 1 aliphatic rings. The fourth-order valence-corrected chi connectivity index (χ4v) is 4.61. The van der Waals surface area contributed by atoms with Crippen molar-refractivity contribution in [3.63, 3.8) is 0 Å². The summed E-state index contributed by atoms with van der Waals surface area (Å²) in [5.41, 5.74) is 3.85. The van der Waals surface area contributed by atoms with E-state index in [1.807, 2.05) is 35.8 Å². The molecule has 0 amide bonds. The molecule has 3 aromatic heterocycles. The molecular weight excluding hydrogens is 350 g/mol. The van der Waals surface area contributed by atoms with Crippen LogP contribution in [0.1, 0.15) is 51.4 Å². The SMILES string of the molecule is Cc1nc2c(c(=O)n1C1CCCC1)c1nc3ccccc3nc1n2CC(C)C. The van der Waals surface area contributed by atoms with Crippen LogP contribution in [0.3, 0.4) is 0 Å². The number of aryl methyl sites for hydroxylation is 1. The topological polar surface area (TPSA) is 65.6 Å². The molecule has 0 bridgehead atoms. The zero-order valence-electron chi connectivity index (χ0n) is 16.6. The maximum absolute atomic E-state index is 13.6. The highest BCUT2D eigenvalue weighted by atomic mass is 16.1. The molecule has 3 heterocycles. The molecule has 1 saturated carbocycles. The number of hydrogen-bond donors (Lipinski definition) is 0. The van der Waals surface area contributed by atoms with Gasteiger partial charge in [0, 0.05) is 12.6 Å². The van der Waals surface area contributed by atoms with E-state index in [-0.39, 0.29) is 11.6 Å². The van der Waals surface area contributed by atoms with Crippen LogP contribution in [0.25, 0.3) is 33.2 Å². The first kappa shape index (κ1) is 17.3. The van der Waals surface area contributed by atoms with E-state index in [9.17, 15) is 4.79 Å². The predicted molar refractivity (Wildman–Crippen MR) is 112 cm³/mol. The summed E-state index contributed by atoms with van der Waals surface area (Å²) >= 11 is 0. The second-order valence-corrected chi connectivity index (χ2v) is 8.36. The molecule has 5 rings (SSSR count). The van der Waals surface area contributed by atoms with Crippen molar-refractivity contribution in [1.82, 2.24) is 24.1 Å². The number of benzene rings is 1. The number of fused-ring (bicyclic) bond motifs is 4. The van der Waals surface area contributed by atoms with Gasteiger partial charge in [-0.2, -0.15) is 0 Å². The predicted octanol–water partition coefficient (Wildman–Crippen LogP) is 4.37. The second kappa shape index (κ2) is 6.40. The molecule has 0 atom stereocenters. The Labute approximate surface area is 163 Å². The van der Waals surface area contributed by atoms with Crippen LogP contribution in [-0.4, -0.2) is 24.1 Å². The smallest absolute Gasteiger partial charge is 0.265 e. The summed E-state index contributed by atoms with van der Waals surface area (Å²) in [6.07, 6.45) is 4.45. The van der Waals surface area contributed by atoms with Crippen LogP contribution in [-0.2, 0) is 6.54 Å². The fraction of sp³-hybridized carbons (Fsp3) is 0.455. The van der Waals surface area contributed by atoms with E-state index in [1.165, 1.54) is 12.8 Å². The summed E-state index contributed by atoms with van der Waals surface area (Å²) < 4.78 is 3.99. The maximum atomic E-state index is 13.6. The molecule has 0 aliphatic heterocycles. The molecule has 28 heavy (non-hydrogen) atoms. The molecule has 144 valence electrons. The Bertz CT molecular complexity index is 1260. The molecule has 0 radical (unpaired) electrons. The lowest BCUT2D eigenvalue weighted by molar-refractivity contribution is 0.484. The third-order valence-corrected chi connectivity index (χ3v) is 5.81. The van der Waals surface area contributed by atoms with Crippen molar-refractivity contribution in [3.8, 4) is 0 Å². The van der Waals surface area contributed by atoms with Gasteiger partial charge in [0.15, 0.2) is 11.3 Å². The van der Waals surface area contributed by atoms with Gasteiger partial charge < -0.3 is 4.57 Å². The van der Waals surface area contributed by atoms with Gasteiger partial charge in [0.05, 0.1) is 11.0 Å². The first-order valence-corrected chi connectivity index (χ1v) is 10.2. The molecule has 0 N–H and O–H groups in total. The van der Waals surface area contributed by atoms with Gasteiger partial charge in [0.1, 0.15) is 16.7 Å². The van der Waals surface area contributed by atoms with Crippen molar-refractivity contribution in [2.75, 3.05) is 0 Å². The summed E-state index contributed by atoms with van der Waals surface area (Å²) in [6.45, 7) is 7.04. The Morgan fingerprint density at radius 2 is 1.71 bits per heavy atom. The molecule has 0 unspecified atom stereocenters. The van der Waals surface area contributed by atoms with E-state index < -0.39 is 0 Å². The highest BCUT2D eigenvalue weighted by Gasteiger charge is 2.25. The number of rotatable bonds is 3. The summed E-state index contributed by atoms with van der Waals surface area (Å²) in [6, 6.07) is 8.09. The summed E-state index contributed by atoms with van der Waals surface area (Å²) in [5, 5.41) is 0.617. The Hall–Kier alpha value is -2.76. The zero-order chi connectivity index (χ0) is 19.4. The second-order valence-electron chi connectivity index (χ2n) is 8.36. The minimum absolute atomic E-state index is 0.0338. The molecule has 1 aromatic carbocycles. The van der Waals surface area contributed by atoms with Crippen molar-refractivity contribution in [2.24, 2.45) is 5.92 Å². The lowest BCUT2D eigenvalue weighted by Crippen LogP contribution is -2.27. The van der Waals surface area contributed by atoms with E-state index >= 15 is 0 Å². The van der Waals surface area contributed by atoms with Gasteiger partial charge in [-0.1, -0.05) is 38.8 Å².